The second kappa shape index (κ2) is 4.94. The zero-order chi connectivity index (χ0) is 12.3. The number of aromatic nitrogens is 1. The lowest BCUT2D eigenvalue weighted by atomic mass is 10.0. The number of pyridine rings is 1. The monoisotopic (exact) mass is 223 g/mol. The Balaban J connectivity index is 2.78. The van der Waals surface area contributed by atoms with Crippen molar-refractivity contribution in [2.45, 2.75) is 32.7 Å². The van der Waals surface area contributed by atoms with Gasteiger partial charge in [0.25, 0.3) is 0 Å². The van der Waals surface area contributed by atoms with Crippen LogP contribution < -0.4 is 11.5 Å². The van der Waals surface area contributed by atoms with Gasteiger partial charge in [0.15, 0.2) is 0 Å². The molecule has 1 aromatic heterocycles. The van der Waals surface area contributed by atoms with Crippen LogP contribution in [0, 0.1) is 13.8 Å². The van der Waals surface area contributed by atoms with Gasteiger partial charge in [0, 0.05) is 5.69 Å². The van der Waals surface area contributed by atoms with Gasteiger partial charge in [-0.15, -0.1) is 0 Å². The van der Waals surface area contributed by atoms with Gasteiger partial charge in [-0.2, -0.15) is 0 Å². The smallest absolute Gasteiger partial charge is 0.320 e. The van der Waals surface area contributed by atoms with Crippen molar-refractivity contribution in [3.63, 3.8) is 0 Å². The fourth-order valence-corrected chi connectivity index (χ4v) is 1.69. The summed E-state index contributed by atoms with van der Waals surface area (Å²) in [5.41, 5.74) is 14.0. The molecule has 1 atom stereocenters. The summed E-state index contributed by atoms with van der Waals surface area (Å²) in [4.78, 5) is 14.7. The molecular formula is C11H17N3O2. The minimum Gasteiger partial charge on any atom is -0.480 e. The number of carboxylic acid groups (broad SMARTS) is 1. The number of nitrogens with two attached hydrogens (primary N) is 2. The van der Waals surface area contributed by atoms with Crippen molar-refractivity contribution < 1.29 is 9.90 Å². The molecule has 5 N–H and O–H groups in total. The van der Waals surface area contributed by atoms with E-state index in [9.17, 15) is 4.79 Å². The number of nitrogen functional groups attached to an aromatic ring is 1. The van der Waals surface area contributed by atoms with Crippen LogP contribution in [0.1, 0.15) is 23.2 Å². The number of anilines is 1. The van der Waals surface area contributed by atoms with Crippen LogP contribution in [-0.2, 0) is 11.2 Å². The predicted molar refractivity (Wildman–Crippen MR) is 62.1 cm³/mol. The molecule has 1 unspecified atom stereocenters. The van der Waals surface area contributed by atoms with E-state index in [2.05, 4.69) is 4.98 Å². The van der Waals surface area contributed by atoms with E-state index < -0.39 is 12.0 Å². The van der Waals surface area contributed by atoms with Crippen molar-refractivity contribution in [1.82, 2.24) is 4.98 Å². The molecular weight excluding hydrogens is 206 g/mol. The largest absolute Gasteiger partial charge is 0.480 e. The molecule has 0 aromatic carbocycles. The molecule has 16 heavy (non-hydrogen) atoms. The van der Waals surface area contributed by atoms with Crippen molar-refractivity contribution >= 4 is 11.8 Å². The molecule has 0 aliphatic heterocycles. The molecule has 1 rings (SSSR count). The summed E-state index contributed by atoms with van der Waals surface area (Å²) in [7, 11) is 0. The Morgan fingerprint density at radius 2 is 2.19 bits per heavy atom. The normalized spacial score (nSPS) is 12.4. The molecule has 0 spiro atoms. The quantitative estimate of drug-likeness (QED) is 0.694. The second-order valence-electron chi connectivity index (χ2n) is 3.91. The van der Waals surface area contributed by atoms with Crippen molar-refractivity contribution in [2.75, 3.05) is 5.73 Å². The topological polar surface area (TPSA) is 102 Å². The first-order chi connectivity index (χ1) is 7.41. The Morgan fingerprint density at radius 3 is 2.69 bits per heavy atom. The van der Waals surface area contributed by atoms with Crippen molar-refractivity contribution in [1.29, 1.82) is 0 Å². The molecule has 1 heterocycles. The van der Waals surface area contributed by atoms with E-state index in [0.717, 1.165) is 16.8 Å². The van der Waals surface area contributed by atoms with Crippen LogP contribution in [0.3, 0.4) is 0 Å². The maximum Gasteiger partial charge on any atom is 0.320 e. The van der Waals surface area contributed by atoms with E-state index in [1.54, 1.807) is 6.07 Å². The minimum atomic E-state index is -0.973. The molecule has 0 amide bonds. The summed E-state index contributed by atoms with van der Waals surface area (Å²) in [5, 5.41) is 8.68. The van der Waals surface area contributed by atoms with E-state index in [1.807, 2.05) is 13.8 Å². The van der Waals surface area contributed by atoms with Crippen LogP contribution in [0.25, 0.3) is 0 Å². The van der Waals surface area contributed by atoms with Crippen LogP contribution in [0.4, 0.5) is 5.82 Å². The first-order valence-electron chi connectivity index (χ1n) is 5.12. The van der Waals surface area contributed by atoms with E-state index in [4.69, 9.17) is 16.6 Å². The van der Waals surface area contributed by atoms with E-state index in [0.29, 0.717) is 18.7 Å². The lowest BCUT2D eigenvalue weighted by Crippen LogP contribution is -2.30. The number of aryl methyl sites for hydroxylation is 2. The average molecular weight is 223 g/mol. The van der Waals surface area contributed by atoms with Gasteiger partial charge < -0.3 is 16.6 Å². The molecule has 0 saturated heterocycles. The van der Waals surface area contributed by atoms with Gasteiger partial charge >= 0.3 is 5.97 Å². The summed E-state index contributed by atoms with van der Waals surface area (Å²) in [6, 6.07) is 0.964. The maximum atomic E-state index is 10.6. The predicted octanol–water partition coefficient (Wildman–Crippen LogP) is 0.625. The number of nitrogens with zero attached hydrogens (tertiary/aromatic N) is 1. The molecule has 0 radical (unpaired) electrons. The Morgan fingerprint density at radius 1 is 1.56 bits per heavy atom. The zero-order valence-corrected chi connectivity index (χ0v) is 9.53. The SMILES string of the molecule is Cc1cc(N)nc(C)c1CCC(N)C(=O)O. The van der Waals surface area contributed by atoms with E-state index >= 15 is 0 Å². The summed E-state index contributed by atoms with van der Waals surface area (Å²) in [6.45, 7) is 3.80. The van der Waals surface area contributed by atoms with Gasteiger partial charge in [-0.25, -0.2) is 4.98 Å². The lowest BCUT2D eigenvalue weighted by Gasteiger charge is -2.11. The van der Waals surface area contributed by atoms with E-state index in [-0.39, 0.29) is 0 Å². The average Bonchev–Trinajstić information content (AvgIpc) is 2.15. The van der Waals surface area contributed by atoms with Crippen LogP contribution in [0.15, 0.2) is 6.07 Å². The molecule has 5 nitrogen and oxygen atoms in total. The standard InChI is InChI=1S/C11H17N3O2/c1-6-5-10(13)14-7(2)8(6)3-4-9(12)11(15)16/h5,9H,3-4,12H2,1-2H3,(H2,13,14)(H,15,16). The van der Waals surface area contributed by atoms with Crippen LogP contribution in [0.5, 0.6) is 0 Å². The summed E-state index contributed by atoms with van der Waals surface area (Å²) in [6.07, 6.45) is 1.01. The van der Waals surface area contributed by atoms with Gasteiger partial charge in [-0.1, -0.05) is 0 Å². The molecule has 0 fully saturated rings. The molecule has 0 aliphatic rings. The highest BCUT2D eigenvalue weighted by atomic mass is 16.4. The third kappa shape index (κ3) is 2.93. The van der Waals surface area contributed by atoms with Crippen molar-refractivity contribution in [3.8, 4) is 0 Å². The Hall–Kier alpha value is -1.62. The van der Waals surface area contributed by atoms with Crippen LogP contribution in [-0.4, -0.2) is 22.1 Å². The first-order valence-corrected chi connectivity index (χ1v) is 5.12. The zero-order valence-electron chi connectivity index (χ0n) is 9.53. The van der Waals surface area contributed by atoms with E-state index in [1.165, 1.54) is 0 Å². The fraction of sp³-hybridized carbons (Fsp3) is 0.455. The van der Waals surface area contributed by atoms with Crippen molar-refractivity contribution in [2.24, 2.45) is 5.73 Å². The molecule has 1 aromatic rings. The maximum absolute atomic E-state index is 10.6. The van der Waals surface area contributed by atoms with Crippen LogP contribution >= 0.6 is 0 Å². The fourth-order valence-electron chi connectivity index (χ4n) is 1.69. The highest BCUT2D eigenvalue weighted by Crippen LogP contribution is 2.16. The lowest BCUT2D eigenvalue weighted by molar-refractivity contribution is -0.138. The molecule has 0 aliphatic carbocycles. The third-order valence-corrected chi connectivity index (χ3v) is 2.60. The molecule has 5 heteroatoms. The summed E-state index contributed by atoms with van der Waals surface area (Å²) >= 11 is 0. The molecule has 0 saturated carbocycles. The van der Waals surface area contributed by atoms with Gasteiger partial charge in [-0.05, 0) is 43.9 Å². The van der Waals surface area contributed by atoms with Gasteiger partial charge in [0.1, 0.15) is 11.9 Å². The Kier molecular flexibility index (Phi) is 3.84. The number of rotatable bonds is 4. The van der Waals surface area contributed by atoms with Gasteiger partial charge in [0.2, 0.25) is 0 Å². The number of carbonyl (C=O) groups is 1. The first kappa shape index (κ1) is 12.4. The van der Waals surface area contributed by atoms with Crippen molar-refractivity contribution in [3.05, 3.63) is 22.9 Å². The number of hydrogen-bond donors (Lipinski definition) is 3. The van der Waals surface area contributed by atoms with Gasteiger partial charge in [0.05, 0.1) is 0 Å². The number of hydrogen-bond acceptors (Lipinski definition) is 4. The molecule has 88 valence electrons. The third-order valence-electron chi connectivity index (χ3n) is 2.60. The molecule has 0 bridgehead atoms. The summed E-state index contributed by atoms with van der Waals surface area (Å²) in [5.74, 6) is -0.486. The van der Waals surface area contributed by atoms with Gasteiger partial charge in [-0.3, -0.25) is 4.79 Å². The Bertz CT molecular complexity index is 381. The highest BCUT2D eigenvalue weighted by Gasteiger charge is 2.13. The number of carboxylic acids is 1. The summed E-state index contributed by atoms with van der Waals surface area (Å²) < 4.78 is 0. The second-order valence-corrected chi connectivity index (χ2v) is 3.91. The van der Waals surface area contributed by atoms with Crippen LogP contribution in [0.2, 0.25) is 0 Å². The number of aliphatic carboxylic acids is 1. The minimum absolute atomic E-state index is 0.405. The Labute approximate surface area is 94.5 Å². The highest BCUT2D eigenvalue weighted by molar-refractivity contribution is 5.73.